The Kier molecular flexibility index (Phi) is 4.43. The van der Waals surface area contributed by atoms with Crippen LogP contribution in [0.15, 0.2) is 42.6 Å². The zero-order valence-corrected chi connectivity index (χ0v) is 12.8. The summed E-state index contributed by atoms with van der Waals surface area (Å²) in [4.78, 5) is 16.2. The van der Waals surface area contributed by atoms with Gasteiger partial charge in [0, 0.05) is 25.2 Å². The summed E-state index contributed by atoms with van der Waals surface area (Å²) in [6, 6.07) is 10.6. The Balaban J connectivity index is 1.57. The average molecular weight is 313 g/mol. The number of hydrogen-bond donors (Lipinski definition) is 3. The summed E-state index contributed by atoms with van der Waals surface area (Å²) < 4.78 is 4.99. The minimum absolute atomic E-state index is 0.318. The number of hydrogen-bond acceptors (Lipinski definition) is 4. The molecule has 1 heterocycles. The zero-order chi connectivity index (χ0) is 16.2. The number of aliphatic hydroxyl groups is 1. The number of carbonyl (C=O) groups is 1. The SMILES string of the molecule is COc1ccc(CNC(=O)NC2c3ccccc3CC2O)cn1. The van der Waals surface area contributed by atoms with Gasteiger partial charge in [0.2, 0.25) is 5.88 Å². The molecular formula is C17H19N3O3. The van der Waals surface area contributed by atoms with Crippen molar-refractivity contribution >= 4 is 6.03 Å². The molecule has 1 aromatic carbocycles. The van der Waals surface area contributed by atoms with Crippen molar-refractivity contribution in [3.63, 3.8) is 0 Å². The van der Waals surface area contributed by atoms with Gasteiger partial charge in [-0.05, 0) is 16.7 Å². The van der Waals surface area contributed by atoms with Gasteiger partial charge in [0.1, 0.15) is 0 Å². The van der Waals surface area contributed by atoms with Crippen molar-refractivity contribution in [2.24, 2.45) is 0 Å². The van der Waals surface area contributed by atoms with Crippen LogP contribution < -0.4 is 15.4 Å². The third-order valence-corrected chi connectivity index (χ3v) is 3.95. The van der Waals surface area contributed by atoms with E-state index in [0.717, 1.165) is 16.7 Å². The van der Waals surface area contributed by atoms with Crippen LogP contribution >= 0.6 is 0 Å². The van der Waals surface area contributed by atoms with Gasteiger partial charge in [-0.2, -0.15) is 0 Å². The Bertz CT molecular complexity index is 688. The summed E-state index contributed by atoms with van der Waals surface area (Å²) >= 11 is 0. The number of fused-ring (bicyclic) bond motifs is 1. The minimum atomic E-state index is -0.596. The highest BCUT2D eigenvalue weighted by Crippen LogP contribution is 2.30. The molecule has 0 radical (unpaired) electrons. The minimum Gasteiger partial charge on any atom is -0.481 e. The van der Waals surface area contributed by atoms with Crippen LogP contribution in [-0.2, 0) is 13.0 Å². The van der Waals surface area contributed by atoms with E-state index in [4.69, 9.17) is 4.74 Å². The quantitative estimate of drug-likeness (QED) is 0.799. The molecule has 0 aliphatic heterocycles. The smallest absolute Gasteiger partial charge is 0.315 e. The van der Waals surface area contributed by atoms with Crippen molar-refractivity contribution in [3.8, 4) is 5.88 Å². The van der Waals surface area contributed by atoms with Gasteiger partial charge in [-0.1, -0.05) is 30.3 Å². The van der Waals surface area contributed by atoms with Crippen LogP contribution in [-0.4, -0.2) is 29.3 Å². The van der Waals surface area contributed by atoms with Gasteiger partial charge >= 0.3 is 6.03 Å². The Hall–Kier alpha value is -2.60. The fourth-order valence-electron chi connectivity index (χ4n) is 2.76. The predicted octanol–water partition coefficient (Wildman–Crippen LogP) is 1.55. The van der Waals surface area contributed by atoms with Crippen LogP contribution in [0.25, 0.3) is 0 Å². The number of nitrogens with one attached hydrogen (secondary N) is 2. The Morgan fingerprint density at radius 1 is 1.35 bits per heavy atom. The molecule has 6 nitrogen and oxygen atoms in total. The van der Waals surface area contributed by atoms with Gasteiger partial charge in [0.15, 0.2) is 0 Å². The van der Waals surface area contributed by atoms with E-state index in [0.29, 0.717) is 18.8 Å². The van der Waals surface area contributed by atoms with Crippen LogP contribution in [0.3, 0.4) is 0 Å². The number of carbonyl (C=O) groups excluding carboxylic acids is 1. The first-order valence-corrected chi connectivity index (χ1v) is 7.46. The maximum atomic E-state index is 12.1. The van der Waals surface area contributed by atoms with Gasteiger partial charge in [-0.3, -0.25) is 0 Å². The van der Waals surface area contributed by atoms with Gasteiger partial charge in [0.05, 0.1) is 19.3 Å². The normalized spacial score (nSPS) is 19.0. The van der Waals surface area contributed by atoms with Gasteiger partial charge in [-0.25, -0.2) is 9.78 Å². The number of rotatable bonds is 4. The molecule has 0 fully saturated rings. The van der Waals surface area contributed by atoms with Gasteiger partial charge < -0.3 is 20.5 Å². The highest BCUT2D eigenvalue weighted by atomic mass is 16.5. The van der Waals surface area contributed by atoms with E-state index in [9.17, 15) is 9.90 Å². The number of pyridine rings is 1. The lowest BCUT2D eigenvalue weighted by atomic mass is 10.1. The molecule has 120 valence electrons. The lowest BCUT2D eigenvalue weighted by Crippen LogP contribution is -2.40. The summed E-state index contributed by atoms with van der Waals surface area (Å²) in [5.74, 6) is 0.531. The lowest BCUT2D eigenvalue weighted by Gasteiger charge is -2.18. The maximum Gasteiger partial charge on any atom is 0.315 e. The fourth-order valence-corrected chi connectivity index (χ4v) is 2.76. The Morgan fingerprint density at radius 2 is 2.17 bits per heavy atom. The molecule has 0 spiro atoms. The molecule has 6 heteroatoms. The van der Waals surface area contributed by atoms with Crippen LogP contribution in [0, 0.1) is 0 Å². The first kappa shape index (κ1) is 15.3. The van der Waals surface area contributed by atoms with Crippen LogP contribution in [0.5, 0.6) is 5.88 Å². The fraction of sp³-hybridized carbons (Fsp3) is 0.294. The van der Waals surface area contributed by atoms with Crippen molar-refractivity contribution < 1.29 is 14.6 Å². The summed E-state index contributed by atoms with van der Waals surface area (Å²) in [5, 5.41) is 15.7. The monoisotopic (exact) mass is 313 g/mol. The molecule has 3 N–H and O–H groups in total. The lowest BCUT2D eigenvalue weighted by molar-refractivity contribution is 0.142. The number of ether oxygens (including phenoxy) is 1. The van der Waals surface area contributed by atoms with E-state index in [1.165, 1.54) is 0 Å². The molecule has 1 aromatic heterocycles. The number of aliphatic hydroxyl groups excluding tert-OH is 1. The summed E-state index contributed by atoms with van der Waals surface area (Å²) in [6.07, 6.45) is 1.61. The first-order valence-electron chi connectivity index (χ1n) is 7.46. The maximum absolute atomic E-state index is 12.1. The van der Waals surface area contributed by atoms with Crippen molar-refractivity contribution in [2.75, 3.05) is 7.11 Å². The van der Waals surface area contributed by atoms with Crippen LogP contribution in [0.2, 0.25) is 0 Å². The molecule has 2 atom stereocenters. The molecule has 2 aromatic rings. The molecular weight excluding hydrogens is 294 g/mol. The topological polar surface area (TPSA) is 83.5 Å². The summed E-state index contributed by atoms with van der Waals surface area (Å²) in [6.45, 7) is 0.354. The largest absolute Gasteiger partial charge is 0.481 e. The third-order valence-electron chi connectivity index (χ3n) is 3.95. The van der Waals surface area contributed by atoms with Crippen molar-refractivity contribution in [1.29, 1.82) is 0 Å². The predicted molar refractivity (Wildman–Crippen MR) is 85.1 cm³/mol. The Labute approximate surface area is 134 Å². The molecule has 1 aliphatic rings. The standard InChI is InChI=1S/C17H19N3O3/c1-23-15-7-6-11(9-18-15)10-19-17(22)20-16-13-5-3-2-4-12(13)8-14(16)21/h2-7,9,14,16,21H,8,10H2,1H3,(H2,19,20,22). The second-order valence-electron chi connectivity index (χ2n) is 5.48. The molecule has 3 rings (SSSR count). The number of benzene rings is 1. The second kappa shape index (κ2) is 6.66. The number of amides is 2. The number of methoxy groups -OCH3 is 1. The van der Waals surface area contributed by atoms with Crippen LogP contribution in [0.4, 0.5) is 4.79 Å². The molecule has 2 unspecified atom stereocenters. The summed E-state index contributed by atoms with van der Waals surface area (Å²) in [5.41, 5.74) is 2.92. The first-order chi connectivity index (χ1) is 11.2. The van der Waals surface area contributed by atoms with E-state index >= 15 is 0 Å². The highest BCUT2D eigenvalue weighted by molar-refractivity contribution is 5.74. The van der Waals surface area contributed by atoms with Gasteiger partial charge in [0.25, 0.3) is 0 Å². The van der Waals surface area contributed by atoms with Crippen LogP contribution in [0.1, 0.15) is 22.7 Å². The Morgan fingerprint density at radius 3 is 2.91 bits per heavy atom. The van der Waals surface area contributed by atoms with Gasteiger partial charge in [-0.15, -0.1) is 0 Å². The number of nitrogens with zero attached hydrogens (tertiary/aromatic N) is 1. The molecule has 23 heavy (non-hydrogen) atoms. The molecule has 1 aliphatic carbocycles. The summed E-state index contributed by atoms with van der Waals surface area (Å²) in [7, 11) is 1.55. The number of aromatic nitrogens is 1. The molecule has 2 amide bonds. The average Bonchev–Trinajstić information content (AvgIpc) is 2.89. The molecule has 0 saturated heterocycles. The number of urea groups is 1. The third kappa shape index (κ3) is 3.43. The van der Waals surface area contributed by atoms with Crippen molar-refractivity contribution in [3.05, 3.63) is 59.3 Å². The zero-order valence-electron chi connectivity index (χ0n) is 12.8. The van der Waals surface area contributed by atoms with E-state index in [2.05, 4.69) is 15.6 Å². The molecule has 0 bridgehead atoms. The van der Waals surface area contributed by atoms with Crippen molar-refractivity contribution in [1.82, 2.24) is 15.6 Å². The molecule has 0 saturated carbocycles. The highest BCUT2D eigenvalue weighted by Gasteiger charge is 2.31. The van der Waals surface area contributed by atoms with Crippen molar-refractivity contribution in [2.45, 2.75) is 25.1 Å². The van der Waals surface area contributed by atoms with E-state index < -0.39 is 6.10 Å². The van der Waals surface area contributed by atoms with E-state index in [1.54, 1.807) is 19.4 Å². The van der Waals surface area contributed by atoms with E-state index in [1.807, 2.05) is 30.3 Å². The van der Waals surface area contributed by atoms with E-state index in [-0.39, 0.29) is 12.1 Å². The second-order valence-corrected chi connectivity index (χ2v) is 5.48.